The van der Waals surface area contributed by atoms with Crippen molar-refractivity contribution in [3.05, 3.63) is 35.9 Å². The van der Waals surface area contributed by atoms with Crippen molar-refractivity contribution in [3.63, 3.8) is 0 Å². The van der Waals surface area contributed by atoms with E-state index in [0.29, 0.717) is 12.8 Å². The molecule has 1 heterocycles. The van der Waals surface area contributed by atoms with E-state index in [1.54, 1.807) is 0 Å². The summed E-state index contributed by atoms with van der Waals surface area (Å²) < 4.78 is 1.33. The first kappa shape index (κ1) is 12.2. The summed E-state index contributed by atoms with van der Waals surface area (Å²) in [5, 5.41) is 0.169. The molecule has 0 radical (unpaired) electrons. The van der Waals surface area contributed by atoms with E-state index in [9.17, 15) is 9.59 Å². The maximum atomic E-state index is 11.6. The number of benzene rings is 1. The molecule has 0 bridgehead atoms. The van der Waals surface area contributed by atoms with Crippen LogP contribution in [-0.2, 0) is 9.59 Å². The van der Waals surface area contributed by atoms with Crippen LogP contribution in [0.1, 0.15) is 37.0 Å². The van der Waals surface area contributed by atoms with Crippen LogP contribution in [0.15, 0.2) is 30.3 Å². The molecule has 90 valence electrons. The molecule has 0 aromatic heterocycles. The molecule has 2 amide bonds. The summed E-state index contributed by atoms with van der Waals surface area (Å²) in [6.07, 6.45) is 1.61. The molecule has 0 saturated carbocycles. The number of amides is 2. The zero-order valence-corrected chi connectivity index (χ0v) is 10.6. The van der Waals surface area contributed by atoms with Crippen molar-refractivity contribution in [2.45, 2.75) is 31.4 Å². The maximum absolute atomic E-state index is 11.6. The Kier molecular flexibility index (Phi) is 3.84. The SMILES string of the molecule is CCC(SN1C(=O)CCC1=O)c1ccccc1. The van der Waals surface area contributed by atoms with Gasteiger partial charge in [-0.05, 0) is 23.9 Å². The summed E-state index contributed by atoms with van der Waals surface area (Å²) in [5.74, 6) is -0.122. The number of nitrogens with zero attached hydrogens (tertiary/aromatic N) is 1. The molecule has 1 aromatic carbocycles. The van der Waals surface area contributed by atoms with Crippen molar-refractivity contribution < 1.29 is 9.59 Å². The predicted molar refractivity (Wildman–Crippen MR) is 68.2 cm³/mol. The van der Waals surface area contributed by atoms with Crippen molar-refractivity contribution >= 4 is 23.8 Å². The predicted octanol–water partition coefficient (Wildman–Crippen LogP) is 2.93. The number of carbonyl (C=O) groups is 2. The maximum Gasteiger partial charge on any atom is 0.239 e. The van der Waals surface area contributed by atoms with Gasteiger partial charge < -0.3 is 0 Å². The van der Waals surface area contributed by atoms with Gasteiger partial charge in [-0.2, -0.15) is 0 Å². The highest BCUT2D eigenvalue weighted by atomic mass is 32.2. The number of hydrogen-bond acceptors (Lipinski definition) is 3. The van der Waals surface area contributed by atoms with Gasteiger partial charge in [0.15, 0.2) is 0 Å². The fourth-order valence-corrected chi connectivity index (χ4v) is 2.94. The molecule has 4 heteroatoms. The molecule has 2 rings (SSSR count). The second-order valence-corrected chi connectivity index (χ2v) is 5.14. The zero-order valence-electron chi connectivity index (χ0n) is 9.76. The molecular weight excluding hydrogens is 234 g/mol. The number of hydrogen-bond donors (Lipinski definition) is 0. The Hall–Kier alpha value is -1.29. The van der Waals surface area contributed by atoms with Crippen molar-refractivity contribution in [1.82, 2.24) is 4.31 Å². The minimum absolute atomic E-state index is 0.0608. The molecule has 1 atom stereocenters. The number of imide groups is 1. The Morgan fingerprint density at radius 2 is 1.76 bits per heavy atom. The van der Waals surface area contributed by atoms with Crippen molar-refractivity contribution in [2.24, 2.45) is 0 Å². The van der Waals surface area contributed by atoms with Gasteiger partial charge in [-0.3, -0.25) is 9.59 Å². The smallest absolute Gasteiger partial charge is 0.239 e. The molecule has 1 saturated heterocycles. The highest BCUT2D eigenvalue weighted by Gasteiger charge is 2.31. The van der Waals surface area contributed by atoms with Crippen LogP contribution in [0.2, 0.25) is 0 Å². The van der Waals surface area contributed by atoms with Crippen LogP contribution in [0.4, 0.5) is 0 Å². The minimum atomic E-state index is -0.0608. The molecule has 3 nitrogen and oxygen atoms in total. The molecule has 17 heavy (non-hydrogen) atoms. The van der Waals surface area contributed by atoms with Crippen LogP contribution in [-0.4, -0.2) is 16.1 Å². The molecule has 0 N–H and O–H groups in total. The normalized spacial score (nSPS) is 17.6. The number of rotatable bonds is 4. The third-order valence-corrected chi connectivity index (χ3v) is 4.26. The van der Waals surface area contributed by atoms with Crippen LogP contribution >= 0.6 is 11.9 Å². The lowest BCUT2D eigenvalue weighted by Gasteiger charge is -2.20. The van der Waals surface area contributed by atoms with E-state index in [1.165, 1.54) is 16.3 Å². The van der Waals surface area contributed by atoms with Crippen LogP contribution in [0.25, 0.3) is 0 Å². The van der Waals surface area contributed by atoms with Crippen molar-refractivity contribution in [3.8, 4) is 0 Å². The van der Waals surface area contributed by atoms with E-state index >= 15 is 0 Å². The Morgan fingerprint density at radius 1 is 1.18 bits per heavy atom. The van der Waals surface area contributed by atoms with E-state index in [0.717, 1.165) is 12.0 Å². The summed E-state index contributed by atoms with van der Waals surface area (Å²) in [7, 11) is 0. The van der Waals surface area contributed by atoms with Crippen LogP contribution in [0, 0.1) is 0 Å². The molecular formula is C13H15NO2S. The monoisotopic (exact) mass is 249 g/mol. The summed E-state index contributed by atoms with van der Waals surface area (Å²) in [6, 6.07) is 9.99. The second kappa shape index (κ2) is 5.36. The van der Waals surface area contributed by atoms with Gasteiger partial charge in [-0.25, -0.2) is 4.31 Å². The second-order valence-electron chi connectivity index (χ2n) is 3.99. The molecule has 1 fully saturated rings. The topological polar surface area (TPSA) is 37.4 Å². The van der Waals surface area contributed by atoms with Crippen LogP contribution in [0.5, 0.6) is 0 Å². The van der Waals surface area contributed by atoms with E-state index in [2.05, 4.69) is 6.92 Å². The molecule has 0 spiro atoms. The minimum Gasteiger partial charge on any atom is -0.273 e. The van der Waals surface area contributed by atoms with Gasteiger partial charge in [0.1, 0.15) is 0 Å². The highest BCUT2D eigenvalue weighted by Crippen LogP contribution is 2.37. The summed E-state index contributed by atoms with van der Waals surface area (Å²) >= 11 is 1.36. The van der Waals surface area contributed by atoms with E-state index < -0.39 is 0 Å². The van der Waals surface area contributed by atoms with Gasteiger partial charge in [0.25, 0.3) is 0 Å². The average Bonchev–Trinajstić information content (AvgIpc) is 2.68. The van der Waals surface area contributed by atoms with Gasteiger partial charge in [0.05, 0.1) is 0 Å². The first-order valence-electron chi connectivity index (χ1n) is 5.80. The zero-order chi connectivity index (χ0) is 12.3. The first-order chi connectivity index (χ1) is 8.22. The van der Waals surface area contributed by atoms with Gasteiger partial charge in [-0.15, -0.1) is 0 Å². The quantitative estimate of drug-likeness (QED) is 0.608. The Labute approximate surface area is 105 Å². The highest BCUT2D eigenvalue weighted by molar-refractivity contribution is 7.98. The van der Waals surface area contributed by atoms with E-state index in [-0.39, 0.29) is 17.1 Å². The molecule has 1 aliphatic rings. The van der Waals surface area contributed by atoms with E-state index in [1.807, 2.05) is 30.3 Å². The Morgan fingerprint density at radius 3 is 2.29 bits per heavy atom. The average molecular weight is 249 g/mol. The van der Waals surface area contributed by atoms with Gasteiger partial charge in [0.2, 0.25) is 11.8 Å². The lowest BCUT2D eigenvalue weighted by molar-refractivity contribution is -0.131. The Balaban J connectivity index is 2.10. The van der Waals surface area contributed by atoms with Gasteiger partial charge in [0, 0.05) is 18.1 Å². The summed E-state index contributed by atoms with van der Waals surface area (Å²) in [5.41, 5.74) is 1.16. The fraction of sp³-hybridized carbons (Fsp3) is 0.385. The number of carbonyl (C=O) groups excluding carboxylic acids is 2. The molecule has 0 aliphatic carbocycles. The van der Waals surface area contributed by atoms with Gasteiger partial charge >= 0.3 is 0 Å². The van der Waals surface area contributed by atoms with E-state index in [4.69, 9.17) is 0 Å². The fourth-order valence-electron chi connectivity index (χ4n) is 1.84. The van der Waals surface area contributed by atoms with Gasteiger partial charge in [-0.1, -0.05) is 37.3 Å². The van der Waals surface area contributed by atoms with Crippen molar-refractivity contribution in [1.29, 1.82) is 0 Å². The Bertz CT molecular complexity index is 403. The lowest BCUT2D eigenvalue weighted by Crippen LogP contribution is -2.22. The van der Waals surface area contributed by atoms with Crippen LogP contribution in [0.3, 0.4) is 0 Å². The third kappa shape index (κ3) is 2.69. The standard InChI is InChI=1S/C13H15NO2S/c1-2-11(10-6-4-3-5-7-10)17-14-12(15)8-9-13(14)16/h3-7,11H,2,8-9H2,1H3. The summed E-state index contributed by atoms with van der Waals surface area (Å²) in [4.78, 5) is 23.1. The molecule has 1 aliphatic heterocycles. The molecule has 1 unspecified atom stereocenters. The molecule has 1 aromatic rings. The first-order valence-corrected chi connectivity index (χ1v) is 6.63. The van der Waals surface area contributed by atoms with Crippen molar-refractivity contribution in [2.75, 3.05) is 0 Å². The van der Waals surface area contributed by atoms with Crippen LogP contribution < -0.4 is 0 Å². The lowest BCUT2D eigenvalue weighted by atomic mass is 10.1. The third-order valence-electron chi connectivity index (χ3n) is 2.78. The largest absolute Gasteiger partial charge is 0.273 e. The summed E-state index contributed by atoms with van der Waals surface area (Å²) in [6.45, 7) is 2.07.